The number of halogens is 3. The van der Waals surface area contributed by atoms with Crippen molar-refractivity contribution in [3.8, 4) is 35.1 Å². The number of hydrogen-bond acceptors (Lipinski definition) is 11. The Bertz CT molecular complexity index is 2100. The predicted octanol–water partition coefficient (Wildman–Crippen LogP) is 5.97. The molecule has 4 aromatic rings. The van der Waals surface area contributed by atoms with Crippen molar-refractivity contribution < 1.29 is 45.3 Å². The third-order valence-electron chi connectivity index (χ3n) is 7.97. The lowest BCUT2D eigenvalue weighted by molar-refractivity contribution is -0.171. The van der Waals surface area contributed by atoms with E-state index in [-0.39, 0.29) is 37.2 Å². The average Bonchev–Trinajstić information content (AvgIpc) is 3.15. The van der Waals surface area contributed by atoms with Crippen molar-refractivity contribution in [1.82, 2.24) is 9.97 Å². The van der Waals surface area contributed by atoms with Crippen LogP contribution in [0, 0.1) is 22.7 Å². The van der Waals surface area contributed by atoms with Crippen LogP contribution in [-0.2, 0) is 27.5 Å². The molecule has 0 N–H and O–H groups in total. The monoisotopic (exact) mass is 720 g/mol. The first kappa shape index (κ1) is 36.6. The van der Waals surface area contributed by atoms with Gasteiger partial charge in [0.1, 0.15) is 35.2 Å². The largest absolute Gasteiger partial charge is 0.484 e. The molecule has 0 fully saturated rings. The Hall–Kier alpha value is -5.67. The number of hydrogen-bond donors (Lipinski definition) is 0. The van der Waals surface area contributed by atoms with Crippen LogP contribution < -0.4 is 18.9 Å². The van der Waals surface area contributed by atoms with Gasteiger partial charge < -0.3 is 18.9 Å². The van der Waals surface area contributed by atoms with E-state index >= 15 is 0 Å². The van der Waals surface area contributed by atoms with Crippen molar-refractivity contribution in [2.75, 3.05) is 24.7 Å². The zero-order chi connectivity index (χ0) is 36.6. The fourth-order valence-corrected chi connectivity index (χ4v) is 6.01. The Morgan fingerprint density at radius 1 is 0.824 bits per heavy atom. The van der Waals surface area contributed by atoms with E-state index in [1.807, 2.05) is 12.1 Å². The molecule has 0 amide bonds. The van der Waals surface area contributed by atoms with Gasteiger partial charge in [0, 0.05) is 48.1 Å². The van der Waals surface area contributed by atoms with Gasteiger partial charge in [-0.15, -0.1) is 0 Å². The highest BCUT2D eigenvalue weighted by Gasteiger charge is 2.37. The first-order valence-corrected chi connectivity index (χ1v) is 17.6. The van der Waals surface area contributed by atoms with Crippen LogP contribution in [0.4, 0.5) is 13.2 Å². The summed E-state index contributed by atoms with van der Waals surface area (Å²) >= 11 is 0. The number of alkyl halides is 3. The highest BCUT2D eigenvalue weighted by molar-refractivity contribution is 7.91. The van der Waals surface area contributed by atoms with Crippen molar-refractivity contribution in [3.05, 3.63) is 107 Å². The molecule has 0 saturated carbocycles. The van der Waals surface area contributed by atoms with Crippen molar-refractivity contribution in [1.29, 1.82) is 10.5 Å². The van der Waals surface area contributed by atoms with Crippen LogP contribution in [0.25, 0.3) is 0 Å². The molecule has 51 heavy (non-hydrogen) atoms. The molecule has 15 heteroatoms. The van der Waals surface area contributed by atoms with Gasteiger partial charge in [-0.2, -0.15) is 23.7 Å². The Balaban J connectivity index is 0.000000198. The topological polar surface area (TPSA) is 161 Å². The standard InChI is InChI=1S/C18H13F3N2O3.C18H18N2O4S/c19-18(20,21)16(24)5-4-11-6-13(9-23-8-11)15-10-25-17-12(7-22)2-1-3-14(17)26-15;1-2-25(21,22)7-6-13-8-15(11-20-10-13)17-12-23-18-14(9-19)4-3-5-16(18)24-17/h1-3,6,8-9,15H,4-5,10H2;3-5,8,10-11,17H,2,6-7,12H2,1H3. The number of ketones is 1. The van der Waals surface area contributed by atoms with Gasteiger partial charge in [0.15, 0.2) is 35.2 Å². The van der Waals surface area contributed by atoms with Crippen LogP contribution in [0.1, 0.15) is 58.9 Å². The van der Waals surface area contributed by atoms with Gasteiger partial charge in [0.25, 0.3) is 0 Å². The number of ether oxygens (including phenoxy) is 4. The SMILES string of the molecule is CCS(=O)(=O)CCc1cncc(C2COc3c(C#N)cccc3O2)c1.N#Cc1cccc2c1OCC(c1cncc(CCC(=O)C(F)(F)F)c1)O2. The minimum absolute atomic E-state index is 0.0675. The van der Waals surface area contributed by atoms with Gasteiger partial charge >= 0.3 is 6.18 Å². The van der Waals surface area contributed by atoms with E-state index in [9.17, 15) is 26.4 Å². The Morgan fingerprint density at radius 3 is 1.76 bits per heavy atom. The van der Waals surface area contributed by atoms with Gasteiger partial charge in [-0.05, 0) is 60.4 Å². The third-order valence-corrected chi connectivity index (χ3v) is 9.68. The number of nitrogens with zero attached hydrogens (tertiary/aromatic N) is 4. The van der Waals surface area contributed by atoms with E-state index in [1.54, 1.807) is 61.8 Å². The summed E-state index contributed by atoms with van der Waals surface area (Å²) in [5.74, 6) is 0.235. The molecular formula is C36H31F3N4O7S. The lowest BCUT2D eigenvalue weighted by Gasteiger charge is -2.27. The summed E-state index contributed by atoms with van der Waals surface area (Å²) in [7, 11) is -3.02. The molecule has 0 radical (unpaired) electrons. The molecule has 2 aliphatic rings. The first-order valence-electron chi connectivity index (χ1n) is 15.7. The van der Waals surface area contributed by atoms with Crippen molar-refractivity contribution in [3.63, 3.8) is 0 Å². The van der Waals surface area contributed by atoms with Crippen LogP contribution in [0.15, 0.2) is 73.3 Å². The number of nitriles is 2. The summed E-state index contributed by atoms with van der Waals surface area (Å²) in [4.78, 5) is 19.2. The first-order chi connectivity index (χ1) is 24.4. The summed E-state index contributed by atoms with van der Waals surface area (Å²) in [6.45, 7) is 2.05. The average molecular weight is 721 g/mol. The van der Waals surface area contributed by atoms with Crippen LogP contribution >= 0.6 is 0 Å². The molecular weight excluding hydrogens is 689 g/mol. The lowest BCUT2D eigenvalue weighted by Crippen LogP contribution is -2.23. The Kier molecular flexibility index (Phi) is 11.4. The predicted molar refractivity (Wildman–Crippen MR) is 176 cm³/mol. The zero-order valence-electron chi connectivity index (χ0n) is 27.2. The van der Waals surface area contributed by atoms with Gasteiger partial charge in [0.2, 0.25) is 5.78 Å². The van der Waals surface area contributed by atoms with E-state index in [1.165, 1.54) is 12.4 Å². The Labute approximate surface area is 292 Å². The van der Waals surface area contributed by atoms with E-state index in [0.29, 0.717) is 51.7 Å². The Morgan fingerprint density at radius 2 is 1.31 bits per heavy atom. The lowest BCUT2D eigenvalue weighted by atomic mass is 10.0. The molecule has 6 rings (SSSR count). The number of pyridine rings is 2. The van der Waals surface area contributed by atoms with Gasteiger partial charge in [-0.25, -0.2) is 8.42 Å². The summed E-state index contributed by atoms with van der Waals surface area (Å²) in [5, 5.41) is 18.2. The molecule has 2 unspecified atom stereocenters. The molecule has 4 heterocycles. The molecule has 0 spiro atoms. The number of sulfone groups is 1. The molecule has 0 saturated heterocycles. The van der Waals surface area contributed by atoms with Crippen LogP contribution in [0.2, 0.25) is 0 Å². The summed E-state index contributed by atoms with van der Waals surface area (Å²) < 4.78 is 83.3. The van der Waals surface area contributed by atoms with Gasteiger partial charge in [0.05, 0.1) is 16.9 Å². The molecule has 0 bridgehead atoms. The van der Waals surface area contributed by atoms with Crippen LogP contribution in [-0.4, -0.2) is 55.1 Å². The highest BCUT2D eigenvalue weighted by Crippen LogP contribution is 2.40. The van der Waals surface area contributed by atoms with Gasteiger partial charge in [-0.3, -0.25) is 14.8 Å². The summed E-state index contributed by atoms with van der Waals surface area (Å²) in [5.41, 5.74) is 3.58. The fraction of sp³-hybridized carbons (Fsp3) is 0.306. The number of benzene rings is 2. The second kappa shape index (κ2) is 15.9. The molecule has 11 nitrogen and oxygen atoms in total. The normalized spacial score (nSPS) is 16.1. The molecule has 2 aliphatic heterocycles. The summed E-state index contributed by atoms with van der Waals surface area (Å²) in [6.07, 6.45) is 0.324. The smallest absolute Gasteiger partial charge is 0.449 e. The van der Waals surface area contributed by atoms with Crippen LogP contribution in [0.5, 0.6) is 23.0 Å². The number of rotatable bonds is 9. The van der Waals surface area contributed by atoms with Crippen molar-refractivity contribution in [2.24, 2.45) is 0 Å². The van der Waals surface area contributed by atoms with E-state index < -0.39 is 34.3 Å². The maximum absolute atomic E-state index is 12.3. The third kappa shape index (κ3) is 9.32. The zero-order valence-corrected chi connectivity index (χ0v) is 28.0. The maximum atomic E-state index is 12.3. The second-order valence-electron chi connectivity index (χ2n) is 11.5. The molecule has 2 aromatic carbocycles. The van der Waals surface area contributed by atoms with Gasteiger partial charge in [-0.1, -0.05) is 19.1 Å². The van der Waals surface area contributed by atoms with E-state index in [2.05, 4.69) is 16.0 Å². The minimum atomic E-state index is -4.83. The molecule has 0 aliphatic carbocycles. The number of carbonyl (C=O) groups excluding carboxylic acids is 1. The minimum Gasteiger partial charge on any atom is -0.484 e. The number of aryl methyl sites for hydroxylation is 2. The summed E-state index contributed by atoms with van der Waals surface area (Å²) in [6, 6.07) is 17.8. The maximum Gasteiger partial charge on any atom is 0.449 e. The number of fused-ring (bicyclic) bond motifs is 2. The number of aromatic nitrogens is 2. The fourth-order valence-electron chi connectivity index (χ4n) is 5.17. The number of carbonyl (C=O) groups is 1. The highest BCUT2D eigenvalue weighted by atomic mass is 32.2. The quantitative estimate of drug-likeness (QED) is 0.200. The molecule has 264 valence electrons. The second-order valence-corrected chi connectivity index (χ2v) is 14.0. The van der Waals surface area contributed by atoms with Crippen molar-refractivity contribution >= 4 is 15.6 Å². The number of para-hydroxylation sites is 2. The van der Waals surface area contributed by atoms with Crippen molar-refractivity contribution in [2.45, 2.75) is 44.6 Å². The van der Waals surface area contributed by atoms with Crippen LogP contribution in [0.3, 0.4) is 0 Å². The molecule has 2 atom stereocenters. The molecule has 2 aromatic heterocycles. The van der Waals surface area contributed by atoms with E-state index in [0.717, 1.165) is 11.1 Å². The van der Waals surface area contributed by atoms with E-state index in [4.69, 9.17) is 29.5 Å². The number of Topliss-reactive ketones (excluding diaryl/α,β-unsaturated/α-hetero) is 1.